The monoisotopic (exact) mass is 464 g/mol. The van der Waals surface area contributed by atoms with Crippen molar-refractivity contribution in [2.24, 2.45) is 5.10 Å². The second kappa shape index (κ2) is 9.45. The van der Waals surface area contributed by atoms with Gasteiger partial charge in [0.25, 0.3) is 0 Å². The summed E-state index contributed by atoms with van der Waals surface area (Å²) in [4.78, 5) is 7.62. The molecule has 0 aliphatic carbocycles. The van der Waals surface area contributed by atoms with Crippen molar-refractivity contribution in [3.8, 4) is 11.5 Å². The molecule has 0 radical (unpaired) electrons. The number of hydrogen-bond acceptors (Lipinski definition) is 5. The molecule has 0 unspecified atom stereocenters. The van der Waals surface area contributed by atoms with Crippen molar-refractivity contribution in [3.05, 3.63) is 82.3 Å². The first-order chi connectivity index (χ1) is 14.7. The van der Waals surface area contributed by atoms with Gasteiger partial charge in [-0.1, -0.05) is 42.5 Å². The lowest BCUT2D eigenvalue weighted by molar-refractivity contribution is 0.267. The van der Waals surface area contributed by atoms with Gasteiger partial charge in [-0.05, 0) is 58.2 Å². The van der Waals surface area contributed by atoms with Crippen LogP contribution in [0.15, 0.2) is 76.3 Å². The molecule has 0 saturated carbocycles. The number of para-hydroxylation sites is 2. The number of halogens is 1. The smallest absolute Gasteiger partial charge is 0.222 e. The number of imidazole rings is 1. The van der Waals surface area contributed by atoms with Gasteiger partial charge in [-0.25, -0.2) is 10.4 Å². The van der Waals surface area contributed by atoms with Crippen molar-refractivity contribution >= 4 is 39.1 Å². The second-order valence-corrected chi connectivity index (χ2v) is 7.36. The third kappa shape index (κ3) is 4.80. The Morgan fingerprint density at radius 1 is 1.07 bits per heavy atom. The van der Waals surface area contributed by atoms with Crippen molar-refractivity contribution in [2.45, 2.75) is 13.5 Å². The molecule has 2 N–H and O–H groups in total. The molecular formula is C23H21BrN4O2. The summed E-state index contributed by atoms with van der Waals surface area (Å²) in [5.74, 6) is 1.91. The molecule has 0 saturated heterocycles. The highest BCUT2D eigenvalue weighted by atomic mass is 79.9. The Labute approximate surface area is 183 Å². The average Bonchev–Trinajstić information content (AvgIpc) is 3.17. The van der Waals surface area contributed by atoms with Crippen LogP contribution in [0.1, 0.15) is 18.1 Å². The van der Waals surface area contributed by atoms with Crippen LogP contribution < -0.4 is 14.9 Å². The molecule has 0 amide bonds. The minimum atomic E-state index is 0.459. The number of hydrogen-bond donors (Lipinski definition) is 2. The molecule has 6 nitrogen and oxygen atoms in total. The van der Waals surface area contributed by atoms with Gasteiger partial charge in [0.1, 0.15) is 6.61 Å². The summed E-state index contributed by atoms with van der Waals surface area (Å²) in [6.07, 6.45) is 1.71. The Kier molecular flexibility index (Phi) is 6.29. The maximum Gasteiger partial charge on any atom is 0.222 e. The highest BCUT2D eigenvalue weighted by molar-refractivity contribution is 9.10. The van der Waals surface area contributed by atoms with Crippen LogP contribution >= 0.6 is 15.9 Å². The van der Waals surface area contributed by atoms with Crippen molar-refractivity contribution in [1.82, 2.24) is 9.97 Å². The zero-order valence-electron chi connectivity index (χ0n) is 16.4. The van der Waals surface area contributed by atoms with Gasteiger partial charge in [-0.2, -0.15) is 5.10 Å². The predicted molar refractivity (Wildman–Crippen MR) is 123 cm³/mol. The van der Waals surface area contributed by atoms with Crippen molar-refractivity contribution in [2.75, 3.05) is 12.0 Å². The van der Waals surface area contributed by atoms with Crippen LogP contribution in [0.5, 0.6) is 11.5 Å². The Balaban J connectivity index is 1.49. The van der Waals surface area contributed by atoms with Crippen LogP contribution in [0.3, 0.4) is 0 Å². The van der Waals surface area contributed by atoms with Gasteiger partial charge in [-0.3, -0.25) is 0 Å². The summed E-state index contributed by atoms with van der Waals surface area (Å²) in [5, 5.41) is 4.29. The van der Waals surface area contributed by atoms with E-state index >= 15 is 0 Å². The number of ether oxygens (including phenoxy) is 2. The maximum absolute atomic E-state index is 6.02. The number of aromatic nitrogens is 2. The number of benzene rings is 3. The fraction of sp³-hybridized carbons (Fsp3) is 0.130. The lowest BCUT2D eigenvalue weighted by Crippen LogP contribution is -2.02. The van der Waals surface area contributed by atoms with E-state index in [4.69, 9.17) is 9.47 Å². The molecule has 1 aromatic heterocycles. The third-order valence-electron chi connectivity index (χ3n) is 4.33. The van der Waals surface area contributed by atoms with Gasteiger partial charge in [0.2, 0.25) is 5.95 Å². The minimum Gasteiger partial charge on any atom is -0.490 e. The Morgan fingerprint density at radius 2 is 1.87 bits per heavy atom. The summed E-state index contributed by atoms with van der Waals surface area (Å²) in [7, 11) is 0. The highest BCUT2D eigenvalue weighted by Crippen LogP contribution is 2.37. The van der Waals surface area contributed by atoms with Gasteiger partial charge < -0.3 is 14.5 Å². The van der Waals surface area contributed by atoms with Gasteiger partial charge >= 0.3 is 0 Å². The van der Waals surface area contributed by atoms with E-state index in [9.17, 15) is 0 Å². The van der Waals surface area contributed by atoms with Crippen LogP contribution in [-0.2, 0) is 6.61 Å². The summed E-state index contributed by atoms with van der Waals surface area (Å²) < 4.78 is 12.6. The number of fused-ring (bicyclic) bond motifs is 1. The number of anilines is 1. The first-order valence-electron chi connectivity index (χ1n) is 9.60. The number of aromatic amines is 1. The van der Waals surface area contributed by atoms with Crippen LogP contribution in [0.2, 0.25) is 0 Å². The molecule has 0 aliphatic rings. The van der Waals surface area contributed by atoms with E-state index in [1.165, 1.54) is 0 Å². The maximum atomic E-state index is 6.02. The normalized spacial score (nSPS) is 11.1. The summed E-state index contributed by atoms with van der Waals surface area (Å²) in [6.45, 7) is 2.94. The van der Waals surface area contributed by atoms with Crippen LogP contribution in [-0.4, -0.2) is 22.8 Å². The summed E-state index contributed by atoms with van der Waals surface area (Å²) >= 11 is 3.60. The first kappa shape index (κ1) is 20.0. The summed E-state index contributed by atoms with van der Waals surface area (Å²) in [5.41, 5.74) is 6.72. The van der Waals surface area contributed by atoms with Gasteiger partial charge in [0, 0.05) is 0 Å². The number of H-pyrrole nitrogens is 1. The average molecular weight is 465 g/mol. The van der Waals surface area contributed by atoms with E-state index in [0.717, 1.165) is 26.6 Å². The third-order valence-corrected chi connectivity index (χ3v) is 4.92. The fourth-order valence-electron chi connectivity index (χ4n) is 2.97. The molecule has 4 rings (SSSR count). The van der Waals surface area contributed by atoms with Crippen LogP contribution in [0.4, 0.5) is 5.95 Å². The standard InChI is InChI=1S/C23H21BrN4O2/c1-2-29-21-13-17(12-18(24)22(21)30-15-16-8-4-3-5-9-16)14-25-28-23-26-19-10-6-7-11-20(19)27-23/h3-14H,2,15H2,1H3,(H2,26,27,28)/b25-14-. The van der Waals surface area contributed by atoms with Crippen LogP contribution in [0.25, 0.3) is 11.0 Å². The van der Waals surface area contributed by atoms with E-state index in [1.54, 1.807) is 6.21 Å². The molecule has 0 spiro atoms. The van der Waals surface area contributed by atoms with Gasteiger partial charge in [0.05, 0.1) is 28.3 Å². The van der Waals surface area contributed by atoms with Gasteiger partial charge in [0.15, 0.2) is 11.5 Å². The van der Waals surface area contributed by atoms with E-state index in [2.05, 4.69) is 36.4 Å². The molecule has 0 aliphatic heterocycles. The zero-order valence-corrected chi connectivity index (χ0v) is 18.0. The largest absolute Gasteiger partial charge is 0.490 e. The summed E-state index contributed by atoms with van der Waals surface area (Å²) in [6, 6.07) is 21.7. The minimum absolute atomic E-state index is 0.459. The van der Waals surface area contributed by atoms with Crippen molar-refractivity contribution in [1.29, 1.82) is 0 Å². The van der Waals surface area contributed by atoms with E-state index in [1.807, 2.05) is 73.7 Å². The molecule has 0 bridgehead atoms. The topological polar surface area (TPSA) is 71.5 Å². The number of nitrogens with zero attached hydrogens (tertiary/aromatic N) is 2. The van der Waals surface area contributed by atoms with E-state index in [0.29, 0.717) is 30.7 Å². The van der Waals surface area contributed by atoms with Crippen molar-refractivity contribution in [3.63, 3.8) is 0 Å². The molecule has 3 aromatic carbocycles. The molecule has 152 valence electrons. The molecule has 7 heteroatoms. The molecular weight excluding hydrogens is 444 g/mol. The Bertz CT molecular complexity index is 1130. The number of hydrazone groups is 1. The Hall–Kier alpha value is -3.32. The first-order valence-corrected chi connectivity index (χ1v) is 10.4. The lowest BCUT2D eigenvalue weighted by Gasteiger charge is -2.14. The second-order valence-electron chi connectivity index (χ2n) is 6.51. The molecule has 4 aromatic rings. The molecule has 1 heterocycles. The van der Waals surface area contributed by atoms with E-state index in [-0.39, 0.29) is 0 Å². The fourth-order valence-corrected chi connectivity index (χ4v) is 3.54. The lowest BCUT2D eigenvalue weighted by atomic mass is 10.2. The quantitative estimate of drug-likeness (QED) is 0.257. The molecule has 30 heavy (non-hydrogen) atoms. The number of nitrogens with one attached hydrogen (secondary N) is 2. The zero-order chi connectivity index (χ0) is 20.8. The van der Waals surface area contributed by atoms with Crippen LogP contribution in [0, 0.1) is 0 Å². The van der Waals surface area contributed by atoms with Gasteiger partial charge in [-0.15, -0.1) is 0 Å². The van der Waals surface area contributed by atoms with E-state index < -0.39 is 0 Å². The highest BCUT2D eigenvalue weighted by Gasteiger charge is 2.12. The Morgan fingerprint density at radius 3 is 2.67 bits per heavy atom. The predicted octanol–water partition coefficient (Wildman–Crippen LogP) is 5.75. The number of rotatable bonds is 8. The van der Waals surface area contributed by atoms with Crippen molar-refractivity contribution < 1.29 is 9.47 Å². The SMILES string of the molecule is CCOc1cc(/C=N\Nc2nc3ccccc3[nH]2)cc(Br)c1OCc1ccccc1. The molecule has 0 atom stereocenters. The molecule has 0 fully saturated rings.